The van der Waals surface area contributed by atoms with Gasteiger partial charge in [-0.1, -0.05) is 24.3 Å². The number of amides is 1. The van der Waals surface area contributed by atoms with Crippen LogP contribution >= 0.6 is 0 Å². The predicted octanol–water partition coefficient (Wildman–Crippen LogP) is 4.15. The zero-order valence-electron chi connectivity index (χ0n) is 18.7. The Bertz CT molecular complexity index is 1430. The molecule has 5 aromatic rings. The summed E-state index contributed by atoms with van der Waals surface area (Å²) in [4.78, 5) is 21.5. The maximum absolute atomic E-state index is 13.1. The van der Waals surface area contributed by atoms with Gasteiger partial charge in [0.15, 0.2) is 5.69 Å². The van der Waals surface area contributed by atoms with Crippen molar-refractivity contribution in [3.63, 3.8) is 0 Å². The number of anilines is 1. The molecule has 0 unspecified atom stereocenters. The molecule has 1 aromatic carbocycles. The van der Waals surface area contributed by atoms with Crippen LogP contribution in [0.1, 0.15) is 10.5 Å². The highest BCUT2D eigenvalue weighted by molar-refractivity contribution is 5.92. The van der Waals surface area contributed by atoms with E-state index in [1.807, 2.05) is 47.5 Å². The van der Waals surface area contributed by atoms with Crippen LogP contribution in [0.15, 0.2) is 97.6 Å². The van der Waals surface area contributed by atoms with Gasteiger partial charge in [-0.3, -0.25) is 9.78 Å². The lowest BCUT2D eigenvalue weighted by Gasteiger charge is -2.35. The van der Waals surface area contributed by atoms with Crippen molar-refractivity contribution in [3.8, 4) is 16.9 Å². The highest BCUT2D eigenvalue weighted by Crippen LogP contribution is 2.23. The van der Waals surface area contributed by atoms with Crippen LogP contribution in [0, 0.1) is 0 Å². The third-order valence-electron chi connectivity index (χ3n) is 6.37. The quantitative estimate of drug-likeness (QED) is 0.415. The Morgan fingerprint density at radius 1 is 0.765 bits per heavy atom. The summed E-state index contributed by atoms with van der Waals surface area (Å²) in [6.07, 6.45) is 7.53. The number of nitrogens with zero attached hydrogens (tertiary/aromatic N) is 6. The summed E-state index contributed by atoms with van der Waals surface area (Å²) in [6, 6.07) is 24.4. The molecule has 168 valence electrons. The zero-order chi connectivity index (χ0) is 22.9. The van der Waals surface area contributed by atoms with Gasteiger partial charge in [0.05, 0.1) is 0 Å². The van der Waals surface area contributed by atoms with Crippen LogP contribution in [-0.4, -0.2) is 56.2 Å². The number of fused-ring (bicyclic) bond motifs is 1. The first-order valence-corrected chi connectivity index (χ1v) is 11.4. The summed E-state index contributed by atoms with van der Waals surface area (Å²) in [5.74, 6) is 0.864. The average Bonchev–Trinajstić information content (AvgIpc) is 3.56. The summed E-state index contributed by atoms with van der Waals surface area (Å²) >= 11 is 0. The first-order valence-electron chi connectivity index (χ1n) is 11.4. The number of piperazine rings is 1. The molecule has 1 fully saturated rings. The van der Waals surface area contributed by atoms with Crippen LogP contribution in [0.3, 0.4) is 0 Å². The van der Waals surface area contributed by atoms with Crippen molar-refractivity contribution in [2.45, 2.75) is 0 Å². The van der Waals surface area contributed by atoms with Crippen molar-refractivity contribution < 1.29 is 4.79 Å². The molecule has 5 heterocycles. The third kappa shape index (κ3) is 3.71. The van der Waals surface area contributed by atoms with Gasteiger partial charge in [-0.05, 0) is 59.7 Å². The molecule has 6 rings (SSSR count). The molecule has 1 amide bonds. The summed E-state index contributed by atoms with van der Waals surface area (Å²) < 4.78 is 3.87. The number of pyridine rings is 2. The second-order valence-corrected chi connectivity index (χ2v) is 8.40. The van der Waals surface area contributed by atoms with E-state index < -0.39 is 0 Å². The fraction of sp³-hybridized carbons (Fsp3) is 0.148. The summed E-state index contributed by atoms with van der Waals surface area (Å²) in [5.41, 5.74) is 4.92. The van der Waals surface area contributed by atoms with Gasteiger partial charge in [-0.25, -0.2) is 4.68 Å². The van der Waals surface area contributed by atoms with E-state index in [1.165, 1.54) is 5.69 Å². The monoisotopic (exact) mass is 448 g/mol. The van der Waals surface area contributed by atoms with Crippen LogP contribution in [-0.2, 0) is 0 Å². The smallest absolute Gasteiger partial charge is 0.274 e. The molecule has 1 aliphatic rings. The predicted molar refractivity (Wildman–Crippen MR) is 132 cm³/mol. The minimum absolute atomic E-state index is 0.0233. The van der Waals surface area contributed by atoms with Crippen molar-refractivity contribution in [3.05, 3.63) is 103 Å². The standard InChI is InChI=1S/C27H24N6O/c34-27(31-18-16-30(17-19-31)23-4-2-1-3-5-23)25-12-15-33(29-25)26-9-8-24-7-6-22(20-32(24)26)21-10-13-28-14-11-21/h1-15,20H,16-19H2. The zero-order valence-corrected chi connectivity index (χ0v) is 18.7. The van der Waals surface area contributed by atoms with Crippen molar-refractivity contribution in [1.82, 2.24) is 24.1 Å². The number of rotatable bonds is 4. The highest BCUT2D eigenvalue weighted by Gasteiger charge is 2.24. The van der Waals surface area contributed by atoms with Crippen LogP contribution in [0.2, 0.25) is 0 Å². The lowest BCUT2D eigenvalue weighted by Crippen LogP contribution is -2.48. The minimum Gasteiger partial charge on any atom is -0.368 e. The van der Waals surface area contributed by atoms with Gasteiger partial charge in [0.2, 0.25) is 0 Å². The van der Waals surface area contributed by atoms with Crippen molar-refractivity contribution >= 4 is 17.1 Å². The van der Waals surface area contributed by atoms with Gasteiger partial charge in [-0.2, -0.15) is 5.10 Å². The van der Waals surface area contributed by atoms with E-state index in [2.05, 4.69) is 55.9 Å². The Kier molecular flexibility index (Phi) is 5.07. The maximum Gasteiger partial charge on any atom is 0.274 e. The van der Waals surface area contributed by atoms with Crippen LogP contribution in [0.5, 0.6) is 0 Å². The second kappa shape index (κ2) is 8.51. The molecule has 0 radical (unpaired) electrons. The Labute approximate surface area is 197 Å². The second-order valence-electron chi connectivity index (χ2n) is 8.40. The van der Waals surface area contributed by atoms with Crippen LogP contribution in [0.25, 0.3) is 22.5 Å². The fourth-order valence-corrected chi connectivity index (χ4v) is 4.52. The number of hydrogen-bond acceptors (Lipinski definition) is 4. The molecule has 7 nitrogen and oxygen atoms in total. The summed E-state index contributed by atoms with van der Waals surface area (Å²) in [7, 11) is 0. The molecule has 34 heavy (non-hydrogen) atoms. The van der Waals surface area contributed by atoms with Crippen LogP contribution < -0.4 is 4.90 Å². The van der Waals surface area contributed by atoms with Gasteiger partial charge in [0.25, 0.3) is 5.91 Å². The number of carbonyl (C=O) groups is 1. The molecule has 0 aliphatic carbocycles. The number of para-hydroxylation sites is 1. The lowest BCUT2D eigenvalue weighted by atomic mass is 10.1. The topological polar surface area (TPSA) is 58.7 Å². The van der Waals surface area contributed by atoms with E-state index in [9.17, 15) is 4.79 Å². The largest absolute Gasteiger partial charge is 0.368 e. The van der Waals surface area contributed by atoms with Gasteiger partial charge in [0, 0.05) is 62.2 Å². The Balaban J connectivity index is 1.21. The van der Waals surface area contributed by atoms with E-state index in [0.29, 0.717) is 18.8 Å². The summed E-state index contributed by atoms with van der Waals surface area (Å²) in [6.45, 7) is 3.00. The molecule has 1 aliphatic heterocycles. The molecule has 4 aromatic heterocycles. The van der Waals surface area contributed by atoms with E-state index in [1.54, 1.807) is 23.1 Å². The van der Waals surface area contributed by atoms with Crippen molar-refractivity contribution in [1.29, 1.82) is 0 Å². The van der Waals surface area contributed by atoms with Gasteiger partial charge in [0.1, 0.15) is 5.82 Å². The van der Waals surface area contributed by atoms with E-state index in [-0.39, 0.29) is 5.91 Å². The lowest BCUT2D eigenvalue weighted by molar-refractivity contribution is 0.0740. The van der Waals surface area contributed by atoms with Gasteiger partial charge >= 0.3 is 0 Å². The van der Waals surface area contributed by atoms with Crippen molar-refractivity contribution in [2.24, 2.45) is 0 Å². The SMILES string of the molecule is O=C(c1ccn(-c2ccc3ccc(-c4ccncc4)cn23)n1)N1CCN(c2ccccc2)CC1. The number of benzene rings is 1. The van der Waals surface area contributed by atoms with Gasteiger partial charge in [-0.15, -0.1) is 0 Å². The molecule has 0 spiro atoms. The molecule has 7 heteroatoms. The van der Waals surface area contributed by atoms with Crippen molar-refractivity contribution in [2.75, 3.05) is 31.1 Å². The fourth-order valence-electron chi connectivity index (χ4n) is 4.52. The third-order valence-corrected chi connectivity index (χ3v) is 6.37. The molecular formula is C27H24N6O. The van der Waals surface area contributed by atoms with Crippen LogP contribution in [0.4, 0.5) is 5.69 Å². The molecule has 0 saturated carbocycles. The number of hydrogen-bond donors (Lipinski definition) is 0. The minimum atomic E-state index is -0.0233. The molecule has 0 N–H and O–H groups in total. The Morgan fingerprint density at radius 3 is 2.32 bits per heavy atom. The number of aromatic nitrogens is 4. The summed E-state index contributed by atoms with van der Waals surface area (Å²) in [5, 5.41) is 4.64. The molecule has 0 atom stereocenters. The molecule has 0 bridgehead atoms. The highest BCUT2D eigenvalue weighted by atomic mass is 16.2. The first kappa shape index (κ1) is 20.2. The van der Waals surface area contributed by atoms with Gasteiger partial charge < -0.3 is 14.2 Å². The number of carbonyl (C=O) groups excluding carboxylic acids is 1. The Hall–Kier alpha value is -4.39. The average molecular weight is 449 g/mol. The Morgan fingerprint density at radius 2 is 1.53 bits per heavy atom. The van der Waals surface area contributed by atoms with E-state index >= 15 is 0 Å². The van der Waals surface area contributed by atoms with E-state index in [4.69, 9.17) is 0 Å². The molecular weight excluding hydrogens is 424 g/mol. The van der Waals surface area contributed by atoms with E-state index in [0.717, 1.165) is 35.6 Å². The molecule has 1 saturated heterocycles. The normalized spacial score (nSPS) is 14.0. The maximum atomic E-state index is 13.1. The first-order chi connectivity index (χ1) is 16.8.